The van der Waals surface area contributed by atoms with Gasteiger partial charge in [-0.2, -0.15) is 18.3 Å². The lowest BCUT2D eigenvalue weighted by Gasteiger charge is -2.33. The molecule has 0 N–H and O–H groups in total. The molecule has 0 aliphatic carbocycles. The molecule has 6 nitrogen and oxygen atoms in total. The Bertz CT molecular complexity index is 1080. The van der Waals surface area contributed by atoms with Gasteiger partial charge in [-0.05, 0) is 36.8 Å². The van der Waals surface area contributed by atoms with Crippen LogP contribution in [-0.4, -0.2) is 45.3 Å². The summed E-state index contributed by atoms with van der Waals surface area (Å²) in [4.78, 5) is 18.7. The molecule has 1 amide bonds. The molecule has 4 rings (SSSR count). The molecule has 1 unspecified atom stereocenters. The van der Waals surface area contributed by atoms with Crippen LogP contribution in [0.3, 0.4) is 0 Å². The fraction of sp³-hybridized carbons (Fsp3) is 0.286. The Balaban J connectivity index is 1.53. The number of ether oxygens (including phenoxy) is 1. The predicted molar refractivity (Wildman–Crippen MR) is 110 cm³/mol. The molecular formula is C21H18BrF3N4O2. The first kappa shape index (κ1) is 21.5. The van der Waals surface area contributed by atoms with Crippen LogP contribution in [-0.2, 0) is 10.9 Å². The summed E-state index contributed by atoms with van der Waals surface area (Å²) in [5, 5.41) is 4.17. The summed E-state index contributed by atoms with van der Waals surface area (Å²) in [5.41, 5.74) is 1.01. The standard InChI is InChI=1S/C21H18BrF3N4O2/c1-13-17(11-27-29(13)19-7-4-15(10-26-19)21(23,24)25)20(30)28-8-9-31-18(12-28)14-2-5-16(22)6-3-14/h2-7,10-11,18H,8-9,12H2,1H3. The van der Waals surface area contributed by atoms with E-state index in [1.54, 1.807) is 11.8 Å². The summed E-state index contributed by atoms with van der Waals surface area (Å²) in [6, 6.07) is 9.91. The molecule has 3 aromatic rings. The lowest BCUT2D eigenvalue weighted by molar-refractivity contribution is -0.137. The molecule has 1 aromatic carbocycles. The minimum absolute atomic E-state index is 0.207. The number of rotatable bonds is 3. The van der Waals surface area contributed by atoms with Gasteiger partial charge < -0.3 is 9.64 Å². The van der Waals surface area contributed by atoms with Crippen LogP contribution in [0.15, 0.2) is 53.3 Å². The van der Waals surface area contributed by atoms with Gasteiger partial charge in [-0.3, -0.25) is 4.79 Å². The summed E-state index contributed by atoms with van der Waals surface area (Å²) in [6.07, 6.45) is -2.53. The molecule has 1 saturated heterocycles. The molecule has 1 fully saturated rings. The lowest BCUT2D eigenvalue weighted by Crippen LogP contribution is -2.42. The maximum absolute atomic E-state index is 13.1. The topological polar surface area (TPSA) is 60.3 Å². The van der Waals surface area contributed by atoms with Crippen LogP contribution in [0.1, 0.15) is 33.3 Å². The van der Waals surface area contributed by atoms with Crippen LogP contribution < -0.4 is 0 Å². The van der Waals surface area contributed by atoms with Crippen LogP contribution in [0.25, 0.3) is 5.82 Å². The first-order valence-electron chi connectivity index (χ1n) is 9.48. The van der Waals surface area contributed by atoms with Gasteiger partial charge >= 0.3 is 6.18 Å². The van der Waals surface area contributed by atoms with Crippen molar-refractivity contribution in [2.45, 2.75) is 19.2 Å². The first-order valence-corrected chi connectivity index (χ1v) is 10.3. The van der Waals surface area contributed by atoms with Gasteiger partial charge in [0.05, 0.1) is 36.2 Å². The van der Waals surface area contributed by atoms with E-state index in [1.807, 2.05) is 24.3 Å². The number of aromatic nitrogens is 3. The number of hydrogen-bond donors (Lipinski definition) is 0. The van der Waals surface area contributed by atoms with Crippen molar-refractivity contribution in [3.8, 4) is 5.82 Å². The van der Waals surface area contributed by atoms with Crippen molar-refractivity contribution >= 4 is 21.8 Å². The Hall–Kier alpha value is -2.72. The van der Waals surface area contributed by atoms with Gasteiger partial charge in [0.15, 0.2) is 5.82 Å². The SMILES string of the molecule is Cc1c(C(=O)N2CCOC(c3ccc(Br)cc3)C2)cnn1-c1ccc(C(F)(F)F)cn1. The number of nitrogens with zero attached hydrogens (tertiary/aromatic N) is 4. The zero-order chi connectivity index (χ0) is 22.2. The molecular weight excluding hydrogens is 477 g/mol. The van der Waals surface area contributed by atoms with Crippen LogP contribution >= 0.6 is 15.9 Å². The highest BCUT2D eigenvalue weighted by Gasteiger charge is 2.31. The molecule has 31 heavy (non-hydrogen) atoms. The van der Waals surface area contributed by atoms with Crippen molar-refractivity contribution in [1.29, 1.82) is 0 Å². The van der Waals surface area contributed by atoms with Crippen LogP contribution in [0, 0.1) is 6.92 Å². The van der Waals surface area contributed by atoms with Gasteiger partial charge in [0.2, 0.25) is 0 Å². The normalized spacial score (nSPS) is 17.1. The van der Waals surface area contributed by atoms with Gasteiger partial charge in [-0.15, -0.1) is 0 Å². The van der Waals surface area contributed by atoms with Gasteiger partial charge in [0.25, 0.3) is 5.91 Å². The van der Waals surface area contributed by atoms with E-state index in [0.29, 0.717) is 31.0 Å². The van der Waals surface area contributed by atoms with E-state index in [4.69, 9.17) is 4.74 Å². The number of carbonyl (C=O) groups is 1. The molecule has 0 saturated carbocycles. The molecule has 1 aliphatic heterocycles. The second-order valence-electron chi connectivity index (χ2n) is 7.12. The van der Waals surface area contributed by atoms with Gasteiger partial charge in [-0.1, -0.05) is 28.1 Å². The Kier molecular flexibility index (Phi) is 5.85. The molecule has 1 atom stereocenters. The molecule has 2 aromatic heterocycles. The number of amides is 1. The summed E-state index contributed by atoms with van der Waals surface area (Å²) in [5.74, 6) is 0.000315. The van der Waals surface area contributed by atoms with Crippen LogP contribution in [0.2, 0.25) is 0 Å². The number of halogens is 4. The highest BCUT2D eigenvalue weighted by Crippen LogP contribution is 2.29. The molecule has 1 aliphatic rings. The van der Waals surface area contributed by atoms with E-state index < -0.39 is 11.7 Å². The number of pyridine rings is 1. The monoisotopic (exact) mass is 494 g/mol. The Morgan fingerprint density at radius 2 is 1.90 bits per heavy atom. The third-order valence-corrected chi connectivity index (χ3v) is 5.66. The van der Waals surface area contributed by atoms with E-state index >= 15 is 0 Å². The molecule has 162 valence electrons. The summed E-state index contributed by atoms with van der Waals surface area (Å²) < 4.78 is 46.4. The predicted octanol–water partition coefficient (Wildman–Crippen LogP) is 4.57. The fourth-order valence-electron chi connectivity index (χ4n) is 3.41. The summed E-state index contributed by atoms with van der Waals surface area (Å²) >= 11 is 3.40. The zero-order valence-electron chi connectivity index (χ0n) is 16.4. The third kappa shape index (κ3) is 4.49. The minimum atomic E-state index is -4.46. The molecule has 3 heterocycles. The summed E-state index contributed by atoms with van der Waals surface area (Å²) in [7, 11) is 0. The third-order valence-electron chi connectivity index (χ3n) is 5.13. The van der Waals surface area contributed by atoms with Crippen molar-refractivity contribution in [1.82, 2.24) is 19.7 Å². The number of hydrogen-bond acceptors (Lipinski definition) is 4. The fourth-order valence-corrected chi connectivity index (χ4v) is 3.68. The van der Waals surface area contributed by atoms with Gasteiger partial charge in [-0.25, -0.2) is 9.67 Å². The average molecular weight is 495 g/mol. The second kappa shape index (κ2) is 8.43. The van der Waals surface area contributed by atoms with E-state index in [0.717, 1.165) is 22.3 Å². The minimum Gasteiger partial charge on any atom is -0.370 e. The van der Waals surface area contributed by atoms with E-state index in [-0.39, 0.29) is 17.8 Å². The van der Waals surface area contributed by atoms with E-state index in [9.17, 15) is 18.0 Å². The Morgan fingerprint density at radius 1 is 1.16 bits per heavy atom. The van der Waals surface area contributed by atoms with E-state index in [2.05, 4.69) is 26.0 Å². The zero-order valence-corrected chi connectivity index (χ0v) is 18.0. The summed E-state index contributed by atoms with van der Waals surface area (Å²) in [6.45, 7) is 2.92. The molecule has 0 spiro atoms. The number of benzene rings is 1. The van der Waals surface area contributed by atoms with Crippen molar-refractivity contribution in [2.75, 3.05) is 19.7 Å². The average Bonchev–Trinajstić information content (AvgIpc) is 3.14. The largest absolute Gasteiger partial charge is 0.417 e. The van der Waals surface area contributed by atoms with Crippen molar-refractivity contribution < 1.29 is 22.7 Å². The number of carbonyl (C=O) groups excluding carboxylic acids is 1. The van der Waals surface area contributed by atoms with Crippen molar-refractivity contribution in [2.24, 2.45) is 0 Å². The van der Waals surface area contributed by atoms with Crippen molar-refractivity contribution in [3.05, 3.63) is 75.6 Å². The Morgan fingerprint density at radius 3 is 2.55 bits per heavy atom. The molecule has 0 radical (unpaired) electrons. The second-order valence-corrected chi connectivity index (χ2v) is 8.04. The first-order chi connectivity index (χ1) is 14.7. The maximum Gasteiger partial charge on any atom is 0.417 e. The maximum atomic E-state index is 13.1. The smallest absolute Gasteiger partial charge is 0.370 e. The Labute approximate surface area is 184 Å². The van der Waals surface area contributed by atoms with Crippen LogP contribution in [0.4, 0.5) is 13.2 Å². The number of alkyl halides is 3. The molecule has 10 heteroatoms. The highest BCUT2D eigenvalue weighted by molar-refractivity contribution is 9.10. The lowest BCUT2D eigenvalue weighted by atomic mass is 10.1. The quantitative estimate of drug-likeness (QED) is 0.535. The number of morpholine rings is 1. The van der Waals surface area contributed by atoms with Crippen molar-refractivity contribution in [3.63, 3.8) is 0 Å². The van der Waals surface area contributed by atoms with E-state index in [1.165, 1.54) is 16.9 Å². The highest BCUT2D eigenvalue weighted by atomic mass is 79.9. The van der Waals surface area contributed by atoms with Gasteiger partial charge in [0.1, 0.15) is 6.10 Å². The van der Waals surface area contributed by atoms with Gasteiger partial charge in [0, 0.05) is 17.2 Å². The molecule has 0 bridgehead atoms. The van der Waals surface area contributed by atoms with Crippen LogP contribution in [0.5, 0.6) is 0 Å².